The number of rotatable bonds is 8. The third-order valence-corrected chi connectivity index (χ3v) is 5.53. The van der Waals surface area contributed by atoms with Crippen LogP contribution in [0, 0.1) is 18.8 Å². The molecule has 1 aromatic carbocycles. The molecule has 6 nitrogen and oxygen atoms in total. The Kier molecular flexibility index (Phi) is 5.78. The number of aliphatic carboxylic acids is 1. The molecule has 0 heterocycles. The number of carboxylic acid groups (broad SMARTS) is 1. The lowest BCUT2D eigenvalue weighted by atomic mass is 9.75. The van der Waals surface area contributed by atoms with Crippen LogP contribution in [-0.2, 0) is 23.8 Å². The first kappa shape index (κ1) is 17.9. The van der Waals surface area contributed by atoms with Crippen LogP contribution in [0.5, 0.6) is 0 Å². The van der Waals surface area contributed by atoms with E-state index in [2.05, 4.69) is 0 Å². The van der Waals surface area contributed by atoms with Crippen molar-refractivity contribution in [3.05, 3.63) is 29.8 Å². The highest BCUT2D eigenvalue weighted by Crippen LogP contribution is 2.35. The van der Waals surface area contributed by atoms with Crippen LogP contribution in [0.4, 0.5) is 0 Å². The summed E-state index contributed by atoms with van der Waals surface area (Å²) in [5, 5.41) is 8.78. The van der Waals surface area contributed by atoms with Crippen LogP contribution >= 0.6 is 0 Å². The van der Waals surface area contributed by atoms with Gasteiger partial charge in [-0.1, -0.05) is 17.7 Å². The van der Waals surface area contributed by atoms with Crippen molar-refractivity contribution in [3.8, 4) is 0 Å². The highest BCUT2D eigenvalue weighted by molar-refractivity contribution is 7.86. The normalized spacial score (nSPS) is 22.3. The molecule has 1 aromatic rings. The fourth-order valence-corrected chi connectivity index (χ4v) is 3.33. The molecule has 3 atom stereocenters. The smallest absolute Gasteiger partial charge is 0.332 e. The van der Waals surface area contributed by atoms with Crippen molar-refractivity contribution in [2.75, 3.05) is 13.2 Å². The van der Waals surface area contributed by atoms with Crippen LogP contribution in [0.25, 0.3) is 0 Å². The van der Waals surface area contributed by atoms with Crippen molar-refractivity contribution in [2.45, 2.75) is 37.7 Å². The zero-order valence-electron chi connectivity index (χ0n) is 13.3. The van der Waals surface area contributed by atoms with Gasteiger partial charge in [0.05, 0.1) is 18.1 Å². The molecule has 0 spiro atoms. The average molecular weight is 342 g/mol. The third kappa shape index (κ3) is 4.76. The van der Waals surface area contributed by atoms with Crippen LogP contribution in [0.2, 0.25) is 0 Å². The summed E-state index contributed by atoms with van der Waals surface area (Å²) in [7, 11) is -3.75. The average Bonchev–Trinajstić information content (AvgIpc) is 2.46. The number of ether oxygens (including phenoxy) is 1. The zero-order chi connectivity index (χ0) is 17.0. The minimum Gasteiger partial charge on any atom is -0.479 e. The molecule has 0 aromatic heterocycles. The second-order valence-corrected chi connectivity index (χ2v) is 7.58. The molecule has 0 aliphatic heterocycles. The summed E-state index contributed by atoms with van der Waals surface area (Å²) >= 11 is 0. The van der Waals surface area contributed by atoms with Crippen molar-refractivity contribution in [1.82, 2.24) is 0 Å². The highest BCUT2D eigenvalue weighted by Gasteiger charge is 2.33. The van der Waals surface area contributed by atoms with Crippen molar-refractivity contribution >= 4 is 16.1 Å². The Balaban J connectivity index is 1.83. The molecule has 0 radical (unpaired) electrons. The summed E-state index contributed by atoms with van der Waals surface area (Å²) in [6, 6.07) is 6.51. The van der Waals surface area contributed by atoms with Gasteiger partial charge in [0.15, 0.2) is 6.10 Å². The predicted molar refractivity (Wildman–Crippen MR) is 83.6 cm³/mol. The van der Waals surface area contributed by atoms with Crippen LogP contribution < -0.4 is 0 Å². The first-order valence-electron chi connectivity index (χ1n) is 7.60. The maximum absolute atomic E-state index is 12.1. The van der Waals surface area contributed by atoms with Crippen molar-refractivity contribution in [1.29, 1.82) is 0 Å². The minimum absolute atomic E-state index is 0.0798. The topological polar surface area (TPSA) is 89.9 Å². The summed E-state index contributed by atoms with van der Waals surface area (Å²) in [4.78, 5) is 10.9. The molecule has 23 heavy (non-hydrogen) atoms. The fourth-order valence-electron chi connectivity index (χ4n) is 2.37. The minimum atomic E-state index is -3.75. The van der Waals surface area contributed by atoms with E-state index in [9.17, 15) is 13.2 Å². The van der Waals surface area contributed by atoms with Crippen LogP contribution in [0.15, 0.2) is 29.2 Å². The number of aryl methyl sites for hydroxylation is 1. The van der Waals surface area contributed by atoms with E-state index < -0.39 is 22.2 Å². The molecule has 1 fully saturated rings. The third-order valence-electron chi connectivity index (χ3n) is 4.23. The number of hydrogen-bond donors (Lipinski definition) is 1. The Bertz CT molecular complexity index is 637. The van der Waals surface area contributed by atoms with Gasteiger partial charge in [0.2, 0.25) is 0 Å². The van der Waals surface area contributed by atoms with E-state index in [1.165, 1.54) is 19.1 Å². The van der Waals surface area contributed by atoms with E-state index in [0.717, 1.165) is 18.4 Å². The Morgan fingerprint density at radius 3 is 2.30 bits per heavy atom. The van der Waals surface area contributed by atoms with E-state index >= 15 is 0 Å². The first-order valence-corrected chi connectivity index (χ1v) is 9.01. The summed E-state index contributed by atoms with van der Waals surface area (Å²) in [6.45, 7) is 3.78. The lowest BCUT2D eigenvalue weighted by molar-refractivity contribution is -0.151. The van der Waals surface area contributed by atoms with Gasteiger partial charge in [-0.15, -0.1) is 0 Å². The Labute approximate surface area is 136 Å². The van der Waals surface area contributed by atoms with Gasteiger partial charge >= 0.3 is 5.97 Å². The molecule has 128 valence electrons. The second kappa shape index (κ2) is 7.42. The fraction of sp³-hybridized carbons (Fsp3) is 0.562. The first-order chi connectivity index (χ1) is 10.8. The van der Waals surface area contributed by atoms with E-state index in [4.69, 9.17) is 14.0 Å². The molecule has 0 amide bonds. The number of carbonyl (C=O) groups is 1. The van der Waals surface area contributed by atoms with Gasteiger partial charge in [-0.05, 0) is 50.7 Å². The molecule has 2 rings (SSSR count). The molecule has 0 saturated heterocycles. The van der Waals surface area contributed by atoms with Crippen molar-refractivity contribution in [2.24, 2.45) is 11.8 Å². The van der Waals surface area contributed by atoms with Gasteiger partial charge in [0, 0.05) is 0 Å². The SMILES string of the molecule is Cc1ccc(S(=O)(=O)OC[C@H]2CC[C@H]2COC(C)C(=O)O)cc1. The zero-order valence-corrected chi connectivity index (χ0v) is 14.1. The summed E-state index contributed by atoms with van der Waals surface area (Å²) in [5.74, 6) is -0.777. The quantitative estimate of drug-likeness (QED) is 0.729. The number of carboxylic acids is 1. The van der Waals surface area contributed by atoms with Gasteiger partial charge in [-0.2, -0.15) is 8.42 Å². The summed E-state index contributed by atoms with van der Waals surface area (Å²) in [5.41, 5.74) is 0.979. The summed E-state index contributed by atoms with van der Waals surface area (Å²) in [6.07, 6.45) is 0.901. The monoisotopic (exact) mass is 342 g/mol. The van der Waals surface area contributed by atoms with Crippen molar-refractivity contribution < 1.29 is 27.2 Å². The molecular formula is C16H22O6S. The van der Waals surface area contributed by atoms with Crippen LogP contribution in [0.3, 0.4) is 0 Å². The predicted octanol–water partition coefficient (Wildman–Crippen LogP) is 2.22. The second-order valence-electron chi connectivity index (χ2n) is 5.96. The van der Waals surface area contributed by atoms with E-state index in [0.29, 0.717) is 6.61 Å². The molecular weight excluding hydrogens is 320 g/mol. The lowest BCUT2D eigenvalue weighted by Crippen LogP contribution is -2.36. The molecule has 1 aliphatic rings. The molecule has 0 bridgehead atoms. The molecule has 1 N–H and O–H groups in total. The Morgan fingerprint density at radius 1 is 1.22 bits per heavy atom. The summed E-state index contributed by atoms with van der Waals surface area (Å²) < 4.78 is 34.6. The largest absolute Gasteiger partial charge is 0.479 e. The van der Waals surface area contributed by atoms with Gasteiger partial charge in [-0.25, -0.2) is 4.79 Å². The number of hydrogen-bond acceptors (Lipinski definition) is 5. The highest BCUT2D eigenvalue weighted by atomic mass is 32.2. The maximum Gasteiger partial charge on any atom is 0.332 e. The van der Waals surface area contributed by atoms with Gasteiger partial charge < -0.3 is 9.84 Å². The van der Waals surface area contributed by atoms with Crippen LogP contribution in [0.1, 0.15) is 25.3 Å². The van der Waals surface area contributed by atoms with Gasteiger partial charge in [0.1, 0.15) is 0 Å². The van der Waals surface area contributed by atoms with Crippen LogP contribution in [-0.4, -0.2) is 38.8 Å². The number of benzene rings is 1. The Hall–Kier alpha value is -1.44. The lowest BCUT2D eigenvalue weighted by Gasteiger charge is -2.36. The standard InChI is InChI=1S/C16H22O6S/c1-11-3-7-15(8-4-11)23(19,20)22-10-14-6-5-13(14)9-21-12(2)16(17)18/h3-4,7-8,12-14H,5-6,9-10H2,1-2H3,(H,17,18)/t12?,13-,14+/m0/s1. The van der Waals surface area contributed by atoms with E-state index in [1.807, 2.05) is 6.92 Å². The molecule has 7 heteroatoms. The Morgan fingerprint density at radius 2 is 1.78 bits per heavy atom. The molecule has 1 unspecified atom stereocenters. The molecule has 1 aliphatic carbocycles. The van der Waals surface area contributed by atoms with Gasteiger partial charge in [-0.3, -0.25) is 4.18 Å². The van der Waals surface area contributed by atoms with E-state index in [-0.39, 0.29) is 23.3 Å². The van der Waals surface area contributed by atoms with Gasteiger partial charge in [0.25, 0.3) is 10.1 Å². The van der Waals surface area contributed by atoms with Crippen molar-refractivity contribution in [3.63, 3.8) is 0 Å². The van der Waals surface area contributed by atoms with E-state index in [1.54, 1.807) is 12.1 Å². The molecule has 1 saturated carbocycles. The maximum atomic E-state index is 12.1.